The molecule has 0 fully saturated rings. The summed E-state index contributed by atoms with van der Waals surface area (Å²) in [6.07, 6.45) is 6.31. The number of anilines is 2. The van der Waals surface area contributed by atoms with Crippen molar-refractivity contribution in [3.63, 3.8) is 0 Å². The third-order valence-corrected chi connectivity index (χ3v) is 5.38. The van der Waals surface area contributed by atoms with Gasteiger partial charge in [-0.1, -0.05) is 6.07 Å². The number of ether oxygens (including phenoxy) is 1. The Kier molecular flexibility index (Phi) is 5.67. The molecule has 158 valence electrons. The molecule has 31 heavy (non-hydrogen) atoms. The van der Waals surface area contributed by atoms with Crippen LogP contribution < -0.4 is 10.1 Å². The molecule has 2 N–H and O–H groups in total. The number of hydrogen-bond donors (Lipinski definition) is 2. The zero-order valence-electron chi connectivity index (χ0n) is 16.9. The molecule has 0 aliphatic heterocycles. The Hall–Kier alpha value is -3.73. The number of hydrogen-bond acceptors (Lipinski definition) is 5. The van der Waals surface area contributed by atoms with Crippen molar-refractivity contribution in [1.82, 2.24) is 9.78 Å². The lowest BCUT2D eigenvalue weighted by Gasteiger charge is -2.27. The number of fused-ring (bicyclic) bond motifs is 1. The second-order valence-corrected chi connectivity index (χ2v) is 7.49. The minimum absolute atomic E-state index is 0.143. The molecule has 4 rings (SSSR count). The van der Waals surface area contributed by atoms with Gasteiger partial charge in [0.1, 0.15) is 11.9 Å². The number of nitrogens with zero attached hydrogens (tertiary/aromatic N) is 3. The van der Waals surface area contributed by atoms with Crippen LogP contribution in [-0.4, -0.2) is 16.0 Å². The average molecular weight is 421 g/mol. The van der Waals surface area contributed by atoms with Gasteiger partial charge < -0.3 is 15.5 Å². The Morgan fingerprint density at radius 2 is 2.19 bits per heavy atom. The minimum Gasteiger partial charge on any atom is -0.485 e. The topological polar surface area (TPSA) is 86.7 Å². The number of aromatic nitrogens is 2. The Labute approximate surface area is 178 Å². The molecule has 0 unspecified atom stereocenters. The number of nitrogens with one attached hydrogen (secondary N) is 2. The van der Waals surface area contributed by atoms with Gasteiger partial charge >= 0.3 is 6.55 Å². The van der Waals surface area contributed by atoms with Crippen LogP contribution in [0.1, 0.15) is 53.3 Å². The summed E-state index contributed by atoms with van der Waals surface area (Å²) in [7, 11) is 0. The second kappa shape index (κ2) is 8.56. The molecular formula is C23H21F2N5O. The van der Waals surface area contributed by atoms with Crippen LogP contribution >= 0.6 is 0 Å². The first-order chi connectivity index (χ1) is 15.0. The van der Waals surface area contributed by atoms with Gasteiger partial charge in [0.2, 0.25) is 0 Å². The molecule has 0 saturated heterocycles. The summed E-state index contributed by atoms with van der Waals surface area (Å²) >= 11 is 0. The Balaban J connectivity index is 1.63. The summed E-state index contributed by atoms with van der Waals surface area (Å²) in [4.78, 5) is 0. The van der Waals surface area contributed by atoms with Crippen molar-refractivity contribution in [3.8, 4) is 11.8 Å². The van der Waals surface area contributed by atoms with E-state index in [1.165, 1.54) is 18.6 Å². The fourth-order valence-corrected chi connectivity index (χ4v) is 3.84. The van der Waals surface area contributed by atoms with Crippen LogP contribution in [0.3, 0.4) is 0 Å². The van der Waals surface area contributed by atoms with Crippen LogP contribution in [-0.2, 0) is 6.42 Å². The van der Waals surface area contributed by atoms with Crippen LogP contribution in [0.5, 0.6) is 5.75 Å². The van der Waals surface area contributed by atoms with Crippen LogP contribution in [0.2, 0.25) is 0 Å². The molecule has 3 aromatic rings. The highest BCUT2D eigenvalue weighted by molar-refractivity contribution is 5.88. The van der Waals surface area contributed by atoms with E-state index in [-0.39, 0.29) is 6.10 Å². The molecule has 0 amide bonds. The van der Waals surface area contributed by atoms with E-state index < -0.39 is 6.55 Å². The predicted octanol–water partition coefficient (Wildman–Crippen LogP) is 5.66. The van der Waals surface area contributed by atoms with E-state index in [4.69, 9.17) is 15.4 Å². The van der Waals surface area contributed by atoms with Gasteiger partial charge in [-0.2, -0.15) is 19.1 Å². The number of benzene rings is 2. The molecule has 1 aliphatic rings. The van der Waals surface area contributed by atoms with E-state index in [9.17, 15) is 8.78 Å². The van der Waals surface area contributed by atoms with Gasteiger partial charge in [0.05, 0.1) is 35.4 Å². The van der Waals surface area contributed by atoms with Crippen molar-refractivity contribution in [2.24, 2.45) is 0 Å². The van der Waals surface area contributed by atoms with Gasteiger partial charge in [-0.05, 0) is 61.1 Å². The van der Waals surface area contributed by atoms with Crippen LogP contribution in [0, 0.1) is 23.7 Å². The highest BCUT2D eigenvalue weighted by Crippen LogP contribution is 2.37. The standard InChI is InChI=1S/C23H21F2N5O/c1-14-7-17(11-27)20(29-18-12-28-30(13-18)23(24)25)9-22(14)31-21-4-2-3-16-8-15(10-26)5-6-19(16)21/h5-9,11-13,21,23,27,29H,2-4H2,1H3/t21-/m0/s1. The molecule has 8 heteroatoms. The number of nitriles is 1. The van der Waals surface area contributed by atoms with Crippen molar-refractivity contribution >= 4 is 17.6 Å². The summed E-state index contributed by atoms with van der Waals surface area (Å²) < 4.78 is 32.6. The summed E-state index contributed by atoms with van der Waals surface area (Å²) in [5.74, 6) is 0.650. The number of rotatable bonds is 6. The smallest absolute Gasteiger partial charge is 0.333 e. The Morgan fingerprint density at radius 1 is 1.35 bits per heavy atom. The molecule has 1 atom stereocenters. The molecule has 6 nitrogen and oxygen atoms in total. The third-order valence-electron chi connectivity index (χ3n) is 5.38. The zero-order valence-corrected chi connectivity index (χ0v) is 16.9. The maximum atomic E-state index is 12.8. The van der Waals surface area contributed by atoms with Gasteiger partial charge in [0.15, 0.2) is 0 Å². The molecule has 0 radical (unpaired) electrons. The number of alkyl halides is 2. The van der Waals surface area contributed by atoms with Crippen molar-refractivity contribution in [2.45, 2.75) is 38.8 Å². The molecule has 1 heterocycles. The third kappa shape index (κ3) is 4.26. The Bertz CT molecular complexity index is 1170. The molecule has 0 bridgehead atoms. The molecule has 1 aromatic heterocycles. The summed E-state index contributed by atoms with van der Waals surface area (Å²) in [6.45, 7) is -0.814. The lowest BCUT2D eigenvalue weighted by atomic mass is 9.88. The second-order valence-electron chi connectivity index (χ2n) is 7.49. The average Bonchev–Trinajstić information content (AvgIpc) is 3.24. The van der Waals surface area contributed by atoms with E-state index in [0.717, 1.165) is 36.0 Å². The first kappa shape index (κ1) is 20.5. The van der Waals surface area contributed by atoms with Gasteiger partial charge in [-0.15, -0.1) is 0 Å². The minimum atomic E-state index is -2.72. The number of aryl methyl sites for hydroxylation is 2. The normalized spacial score (nSPS) is 15.3. The zero-order chi connectivity index (χ0) is 22.0. The molecular weight excluding hydrogens is 400 g/mol. The van der Waals surface area contributed by atoms with Crippen molar-refractivity contribution in [2.75, 3.05) is 5.32 Å². The van der Waals surface area contributed by atoms with Gasteiger partial charge in [0, 0.05) is 17.8 Å². The highest BCUT2D eigenvalue weighted by Gasteiger charge is 2.23. The van der Waals surface area contributed by atoms with Crippen molar-refractivity contribution in [1.29, 1.82) is 10.7 Å². The van der Waals surface area contributed by atoms with Gasteiger partial charge in [-0.25, -0.2) is 4.68 Å². The maximum Gasteiger partial charge on any atom is 0.333 e. The lowest BCUT2D eigenvalue weighted by Crippen LogP contribution is -2.16. The summed E-state index contributed by atoms with van der Waals surface area (Å²) in [5, 5.41) is 23.5. The summed E-state index contributed by atoms with van der Waals surface area (Å²) in [6, 6.07) is 11.5. The molecule has 0 saturated carbocycles. The van der Waals surface area contributed by atoms with Gasteiger partial charge in [0.25, 0.3) is 0 Å². The van der Waals surface area contributed by atoms with Crippen LogP contribution in [0.4, 0.5) is 20.2 Å². The summed E-state index contributed by atoms with van der Waals surface area (Å²) in [5.41, 5.74) is 5.29. The van der Waals surface area contributed by atoms with Crippen molar-refractivity contribution < 1.29 is 13.5 Å². The van der Waals surface area contributed by atoms with E-state index in [1.807, 2.05) is 25.1 Å². The van der Waals surface area contributed by atoms with Gasteiger partial charge in [-0.3, -0.25) is 0 Å². The van der Waals surface area contributed by atoms with Crippen LogP contribution in [0.15, 0.2) is 42.7 Å². The van der Waals surface area contributed by atoms with E-state index >= 15 is 0 Å². The fourth-order valence-electron chi connectivity index (χ4n) is 3.84. The lowest BCUT2D eigenvalue weighted by molar-refractivity contribution is 0.0566. The fraction of sp³-hybridized carbons (Fsp3) is 0.261. The highest BCUT2D eigenvalue weighted by atomic mass is 19.3. The van der Waals surface area contributed by atoms with E-state index in [0.29, 0.717) is 32.9 Å². The largest absolute Gasteiger partial charge is 0.485 e. The first-order valence-corrected chi connectivity index (χ1v) is 9.92. The maximum absolute atomic E-state index is 12.8. The molecule has 2 aromatic carbocycles. The van der Waals surface area contributed by atoms with E-state index in [1.54, 1.807) is 12.1 Å². The molecule has 0 spiro atoms. The van der Waals surface area contributed by atoms with E-state index in [2.05, 4.69) is 16.5 Å². The quantitative estimate of drug-likeness (QED) is 0.503. The SMILES string of the molecule is Cc1cc(C=N)c(Nc2cnn(C(F)F)c2)cc1O[C@H]1CCCc2cc(C#N)ccc21. The number of halogens is 2. The molecule has 1 aliphatic carbocycles. The van der Waals surface area contributed by atoms with Crippen LogP contribution in [0.25, 0.3) is 0 Å². The van der Waals surface area contributed by atoms with Crippen molar-refractivity contribution in [3.05, 3.63) is 70.5 Å². The predicted molar refractivity (Wildman–Crippen MR) is 113 cm³/mol. The first-order valence-electron chi connectivity index (χ1n) is 9.92. The monoisotopic (exact) mass is 421 g/mol. The Morgan fingerprint density at radius 3 is 2.90 bits per heavy atom.